The van der Waals surface area contributed by atoms with Crippen molar-refractivity contribution >= 4 is 85.4 Å². The monoisotopic (exact) mass is 1120 g/mol. The van der Waals surface area contributed by atoms with E-state index in [1.807, 2.05) is 11.3 Å². The number of para-hydroxylation sites is 2. The summed E-state index contributed by atoms with van der Waals surface area (Å²) >= 11 is 2.05. The molecule has 426 valence electrons. The van der Waals surface area contributed by atoms with Gasteiger partial charge in [-0.05, 0) is 180 Å². The van der Waals surface area contributed by atoms with E-state index >= 15 is 0 Å². The predicted octanol–water partition coefficient (Wildman–Crippen LogP) is 20.0. The van der Waals surface area contributed by atoms with E-state index in [2.05, 4.69) is 261 Å². The Hall–Kier alpha value is -6.76. The quantitative estimate of drug-likeness (QED) is 0.159. The van der Waals surface area contributed by atoms with Crippen LogP contribution >= 0.6 is 11.3 Å². The van der Waals surface area contributed by atoms with E-state index in [0.29, 0.717) is 0 Å². The van der Waals surface area contributed by atoms with Crippen molar-refractivity contribution in [2.45, 2.75) is 192 Å². The van der Waals surface area contributed by atoms with Crippen LogP contribution in [-0.2, 0) is 27.1 Å². The molecule has 15 rings (SSSR count). The highest BCUT2D eigenvalue weighted by atomic mass is 32.1. The number of benzene rings is 6. The SMILES string of the molecule is C=C1/C(=C\c2c(C)sc3c2N(c2ccc(C(C)(C)C)cc2)c2cc(N4c5ccccc5C5(C)CCCCC45C)cc4c2B3C2CC=C(N3c5ccccc5C5(C)CCCC[C@]35C)C=C2N4c2ccc(C(C)(C)C)cc2)c2ccccc2C1(C)C. The number of hydrogen-bond donors (Lipinski definition) is 0. The van der Waals surface area contributed by atoms with Gasteiger partial charge in [-0.15, -0.1) is 0 Å². The molecule has 6 aromatic carbocycles. The van der Waals surface area contributed by atoms with Crippen molar-refractivity contribution in [3.8, 4) is 0 Å². The summed E-state index contributed by atoms with van der Waals surface area (Å²) in [4.78, 5) is 12.5. The fourth-order valence-corrected chi connectivity index (χ4v) is 19.3. The van der Waals surface area contributed by atoms with Gasteiger partial charge in [0.25, 0.3) is 0 Å². The lowest BCUT2D eigenvalue weighted by atomic mass is 9.31. The number of anilines is 8. The largest absolute Gasteiger partial charge is 0.335 e. The third-order valence-corrected chi connectivity index (χ3v) is 24.4. The zero-order valence-electron chi connectivity index (χ0n) is 52.4. The van der Waals surface area contributed by atoms with Crippen molar-refractivity contribution in [3.63, 3.8) is 0 Å². The first-order valence-electron chi connectivity index (χ1n) is 31.8. The second kappa shape index (κ2) is 18.1. The van der Waals surface area contributed by atoms with Gasteiger partial charge in [0.1, 0.15) is 0 Å². The summed E-state index contributed by atoms with van der Waals surface area (Å²) in [5.41, 5.74) is 26.3. The molecule has 0 radical (unpaired) electrons. The summed E-state index contributed by atoms with van der Waals surface area (Å²) < 4.78 is 1.46. The van der Waals surface area contributed by atoms with Crippen LogP contribution in [0, 0.1) is 6.92 Å². The average Bonchev–Trinajstić information content (AvgIpc) is 1.36. The standard InChI is InChI=1S/C78H85BN4S/c1-49-58(57-25-15-16-26-60(57)74(49,9)10)48-59-50(2)84-71-70(59)81(54-37-33-52(34-38-54)73(6,7)8)68-47-56(83-65-30-20-18-28-62(65)76(12)42-22-24-44-78(76,83)14)46-67-69(68)79(71)63-40-39-55(45-66(63)80(67)53-35-31-51(32-36-53)72(3,4)5)82-64-29-19-17-27-61(64)75(11)41-21-23-43-77(75,82)13/h15-20,25-39,45-48,63H,1,21-24,40-44H2,2-14H3/b58-48+/t63?,75?,76?,77-,78?/m0/s1. The summed E-state index contributed by atoms with van der Waals surface area (Å²) in [5, 5.41) is 0. The maximum absolute atomic E-state index is 4.93. The zero-order chi connectivity index (χ0) is 58.4. The molecule has 0 spiro atoms. The predicted molar refractivity (Wildman–Crippen MR) is 362 cm³/mol. The Morgan fingerprint density at radius 2 is 1.07 bits per heavy atom. The number of nitrogens with zero attached hydrogens (tertiary/aromatic N) is 4. The molecule has 4 unspecified atom stereocenters. The first-order valence-corrected chi connectivity index (χ1v) is 32.7. The summed E-state index contributed by atoms with van der Waals surface area (Å²) in [5.74, 6) is 0.159. The molecule has 5 atom stereocenters. The molecule has 2 saturated carbocycles. The van der Waals surface area contributed by atoms with Gasteiger partial charge < -0.3 is 19.6 Å². The van der Waals surface area contributed by atoms with Crippen LogP contribution in [0.15, 0.2) is 169 Å². The Balaban J connectivity index is 1.05. The first-order chi connectivity index (χ1) is 40.0. The minimum Gasteiger partial charge on any atom is -0.335 e. The van der Waals surface area contributed by atoms with Gasteiger partial charge in [0.15, 0.2) is 0 Å². The van der Waals surface area contributed by atoms with E-state index < -0.39 is 0 Å². The molecule has 84 heavy (non-hydrogen) atoms. The average molecular weight is 1120 g/mol. The maximum atomic E-state index is 4.93. The van der Waals surface area contributed by atoms with Crippen LogP contribution in [0.3, 0.4) is 0 Å². The van der Waals surface area contributed by atoms with Gasteiger partial charge in [-0.1, -0.05) is 193 Å². The molecule has 0 N–H and O–H groups in total. The molecule has 5 heterocycles. The van der Waals surface area contributed by atoms with E-state index in [4.69, 9.17) is 6.58 Å². The highest BCUT2D eigenvalue weighted by Crippen LogP contribution is 2.64. The van der Waals surface area contributed by atoms with Crippen LogP contribution in [0.25, 0.3) is 11.6 Å². The molecule has 4 aliphatic carbocycles. The number of thiophene rings is 1. The molecule has 4 aliphatic heterocycles. The molecule has 0 bridgehead atoms. The molecular formula is C78H85BN4S. The van der Waals surface area contributed by atoms with Crippen molar-refractivity contribution in [1.82, 2.24) is 0 Å². The van der Waals surface area contributed by atoms with E-state index in [1.165, 1.54) is 167 Å². The molecule has 4 nitrogen and oxygen atoms in total. The number of fused-ring (bicyclic) bond motifs is 11. The number of hydrogen-bond acceptors (Lipinski definition) is 5. The molecule has 2 fully saturated rings. The van der Waals surface area contributed by atoms with Crippen molar-refractivity contribution in [2.75, 3.05) is 19.6 Å². The van der Waals surface area contributed by atoms with Gasteiger partial charge in [-0.3, -0.25) is 0 Å². The molecule has 6 heteroatoms. The van der Waals surface area contributed by atoms with Gasteiger partial charge in [-0.25, -0.2) is 0 Å². The van der Waals surface area contributed by atoms with Crippen molar-refractivity contribution in [2.24, 2.45) is 0 Å². The second-order valence-corrected chi connectivity index (χ2v) is 31.3. The lowest BCUT2D eigenvalue weighted by Crippen LogP contribution is -2.59. The third-order valence-electron chi connectivity index (χ3n) is 23.3. The van der Waals surface area contributed by atoms with Gasteiger partial charge in [0.2, 0.25) is 6.71 Å². The number of allylic oxidation sites excluding steroid dienone is 5. The topological polar surface area (TPSA) is 13.0 Å². The highest BCUT2D eigenvalue weighted by Gasteiger charge is 2.61. The van der Waals surface area contributed by atoms with Crippen molar-refractivity contribution < 1.29 is 0 Å². The van der Waals surface area contributed by atoms with E-state index in [-0.39, 0.29) is 50.7 Å². The van der Waals surface area contributed by atoms with Crippen LogP contribution in [-0.4, -0.2) is 17.8 Å². The smallest absolute Gasteiger partial charge is 0.239 e. The van der Waals surface area contributed by atoms with Crippen molar-refractivity contribution in [3.05, 3.63) is 213 Å². The summed E-state index contributed by atoms with van der Waals surface area (Å²) in [6.07, 6.45) is 18.5. The van der Waals surface area contributed by atoms with Crippen LogP contribution in [0.5, 0.6) is 0 Å². The lowest BCUT2D eigenvalue weighted by Gasteiger charge is -2.53. The summed E-state index contributed by atoms with van der Waals surface area (Å²) in [6, 6.07) is 52.8. The lowest BCUT2D eigenvalue weighted by molar-refractivity contribution is 0.191. The van der Waals surface area contributed by atoms with Crippen molar-refractivity contribution in [1.29, 1.82) is 0 Å². The van der Waals surface area contributed by atoms with Crippen LogP contribution < -0.4 is 29.8 Å². The zero-order valence-corrected chi connectivity index (χ0v) is 53.2. The normalized spacial score (nSPS) is 26.7. The summed E-state index contributed by atoms with van der Waals surface area (Å²) in [6.45, 7) is 36.6. The second-order valence-electron chi connectivity index (χ2n) is 30.0. The highest BCUT2D eigenvalue weighted by molar-refractivity contribution is 7.27. The van der Waals surface area contributed by atoms with Gasteiger partial charge in [0.05, 0.1) is 16.8 Å². The molecule has 1 aromatic heterocycles. The van der Waals surface area contributed by atoms with Gasteiger partial charge in [0, 0.05) is 82.7 Å². The Bertz CT molecular complexity index is 4020. The Labute approximate surface area is 506 Å². The number of aryl methyl sites for hydroxylation is 1. The summed E-state index contributed by atoms with van der Waals surface area (Å²) in [7, 11) is 0. The first kappa shape index (κ1) is 53.9. The van der Waals surface area contributed by atoms with E-state index in [0.717, 1.165) is 12.8 Å². The van der Waals surface area contributed by atoms with Crippen LogP contribution in [0.2, 0.25) is 5.82 Å². The van der Waals surface area contributed by atoms with E-state index in [9.17, 15) is 0 Å². The fourth-order valence-electron chi connectivity index (χ4n) is 18.0. The Morgan fingerprint density at radius 1 is 0.571 bits per heavy atom. The molecule has 8 aliphatic rings. The molecule has 7 aromatic rings. The van der Waals surface area contributed by atoms with Gasteiger partial charge in [-0.2, -0.15) is 11.3 Å². The minimum atomic E-state index is -0.188. The van der Waals surface area contributed by atoms with Gasteiger partial charge >= 0.3 is 0 Å². The molecular weight excluding hydrogens is 1040 g/mol. The van der Waals surface area contributed by atoms with Crippen LogP contribution in [0.4, 0.5) is 45.5 Å². The third kappa shape index (κ3) is 7.25. The minimum absolute atomic E-state index is 0.00187. The van der Waals surface area contributed by atoms with Crippen LogP contribution in [0.1, 0.15) is 185 Å². The number of rotatable bonds is 5. The molecule has 0 amide bonds. The Morgan fingerprint density at radius 3 is 1.65 bits per heavy atom. The maximum Gasteiger partial charge on any atom is 0.239 e. The Kier molecular flexibility index (Phi) is 11.7. The van der Waals surface area contributed by atoms with E-state index in [1.54, 1.807) is 0 Å². The molecule has 0 saturated heterocycles. The fraction of sp³-hybridized carbons (Fsp3) is 0.385.